The van der Waals surface area contributed by atoms with Crippen LogP contribution in [0, 0.1) is 6.92 Å². The van der Waals surface area contributed by atoms with Crippen molar-refractivity contribution in [1.82, 2.24) is 9.69 Å². The Morgan fingerprint density at radius 1 is 1.47 bits per heavy atom. The Morgan fingerprint density at radius 2 is 2.16 bits per heavy atom. The van der Waals surface area contributed by atoms with Crippen molar-refractivity contribution in [3.63, 3.8) is 0 Å². The maximum atomic E-state index is 11.9. The lowest BCUT2D eigenvalue weighted by molar-refractivity contribution is 0.0963. The van der Waals surface area contributed by atoms with Crippen molar-refractivity contribution < 1.29 is 4.79 Å². The number of nitrogen functional groups attached to an aromatic ring is 1. The van der Waals surface area contributed by atoms with Crippen LogP contribution < -0.4 is 11.1 Å². The molecule has 0 aliphatic carbocycles. The minimum Gasteiger partial charge on any atom is -0.396 e. The van der Waals surface area contributed by atoms with Gasteiger partial charge in [-0.25, -0.2) is 0 Å². The summed E-state index contributed by atoms with van der Waals surface area (Å²) in [4.78, 5) is 12.3. The van der Waals surface area contributed by atoms with Gasteiger partial charge in [-0.2, -0.15) is 4.37 Å². The van der Waals surface area contributed by atoms with Crippen molar-refractivity contribution in [2.75, 3.05) is 12.3 Å². The molecule has 1 aromatic carbocycles. The summed E-state index contributed by atoms with van der Waals surface area (Å²) in [6.07, 6.45) is 1.62. The number of rotatable bonds is 4. The van der Waals surface area contributed by atoms with Gasteiger partial charge in [0.15, 0.2) is 0 Å². The van der Waals surface area contributed by atoms with E-state index in [1.807, 2.05) is 31.2 Å². The van der Waals surface area contributed by atoms with Gasteiger partial charge in [-0.1, -0.05) is 35.9 Å². The molecule has 1 amide bonds. The second-order valence-corrected chi connectivity index (χ2v) is 4.91. The van der Waals surface area contributed by atoms with Crippen LogP contribution in [-0.2, 0) is 0 Å². The van der Waals surface area contributed by atoms with Gasteiger partial charge in [0.25, 0.3) is 5.91 Å². The summed E-state index contributed by atoms with van der Waals surface area (Å²) >= 11 is 1.11. The van der Waals surface area contributed by atoms with Gasteiger partial charge >= 0.3 is 0 Å². The second-order valence-electron chi connectivity index (χ2n) is 4.14. The first kappa shape index (κ1) is 13.3. The Bertz CT molecular complexity index is 602. The van der Waals surface area contributed by atoms with E-state index < -0.39 is 0 Å². The summed E-state index contributed by atoms with van der Waals surface area (Å²) in [7, 11) is 0. The van der Waals surface area contributed by atoms with E-state index in [-0.39, 0.29) is 5.91 Å². The van der Waals surface area contributed by atoms with Crippen LogP contribution in [0.5, 0.6) is 0 Å². The molecule has 0 radical (unpaired) electrons. The molecule has 0 atom stereocenters. The van der Waals surface area contributed by atoms with Crippen molar-refractivity contribution in [3.8, 4) is 11.3 Å². The van der Waals surface area contributed by atoms with E-state index in [0.717, 1.165) is 17.1 Å². The molecule has 0 saturated heterocycles. The standard InChI is InChI=1S/C14H15N3OS/c1-3-8-16-14(18)13-11(15)12(17-19-13)10-6-4-9(2)5-7-10/h3-7H,1,8,15H2,2H3,(H,16,18). The van der Waals surface area contributed by atoms with E-state index in [4.69, 9.17) is 5.73 Å². The molecule has 0 aliphatic rings. The van der Waals surface area contributed by atoms with Crippen LogP contribution in [0.4, 0.5) is 5.69 Å². The molecule has 4 nitrogen and oxygen atoms in total. The fourth-order valence-corrected chi connectivity index (χ4v) is 2.36. The number of anilines is 1. The Morgan fingerprint density at radius 3 is 2.79 bits per heavy atom. The van der Waals surface area contributed by atoms with E-state index in [9.17, 15) is 4.79 Å². The summed E-state index contributed by atoms with van der Waals surface area (Å²) < 4.78 is 4.27. The highest BCUT2D eigenvalue weighted by Gasteiger charge is 2.17. The van der Waals surface area contributed by atoms with E-state index in [1.54, 1.807) is 6.08 Å². The van der Waals surface area contributed by atoms with Crippen molar-refractivity contribution in [3.05, 3.63) is 47.4 Å². The Hall–Kier alpha value is -2.14. The smallest absolute Gasteiger partial charge is 0.265 e. The lowest BCUT2D eigenvalue weighted by atomic mass is 10.1. The molecule has 3 N–H and O–H groups in total. The zero-order chi connectivity index (χ0) is 13.8. The van der Waals surface area contributed by atoms with Gasteiger partial charge in [-0.05, 0) is 18.5 Å². The lowest BCUT2D eigenvalue weighted by Crippen LogP contribution is -2.23. The zero-order valence-electron chi connectivity index (χ0n) is 10.6. The molecule has 5 heteroatoms. The number of nitrogens with one attached hydrogen (secondary N) is 1. The molecule has 2 aromatic rings. The van der Waals surface area contributed by atoms with Crippen LogP contribution in [0.25, 0.3) is 11.3 Å². The number of nitrogens with two attached hydrogens (primary N) is 1. The first-order chi connectivity index (χ1) is 9.13. The molecule has 0 saturated carbocycles. The highest BCUT2D eigenvalue weighted by atomic mass is 32.1. The Kier molecular flexibility index (Phi) is 3.97. The van der Waals surface area contributed by atoms with E-state index in [0.29, 0.717) is 22.8 Å². The van der Waals surface area contributed by atoms with Gasteiger partial charge in [-0.3, -0.25) is 4.79 Å². The number of carbonyl (C=O) groups is 1. The molecule has 1 aromatic heterocycles. The predicted molar refractivity (Wildman–Crippen MR) is 79.2 cm³/mol. The number of aryl methyl sites for hydroxylation is 1. The molecular weight excluding hydrogens is 258 g/mol. The zero-order valence-corrected chi connectivity index (χ0v) is 11.5. The monoisotopic (exact) mass is 273 g/mol. The normalized spacial score (nSPS) is 10.2. The van der Waals surface area contributed by atoms with Crippen LogP contribution in [0.2, 0.25) is 0 Å². The van der Waals surface area contributed by atoms with Crippen molar-refractivity contribution >= 4 is 23.1 Å². The summed E-state index contributed by atoms with van der Waals surface area (Å²) in [5.41, 5.74) is 9.18. The molecule has 0 bridgehead atoms. The lowest BCUT2D eigenvalue weighted by Gasteiger charge is -2.02. The maximum Gasteiger partial charge on any atom is 0.265 e. The molecule has 0 spiro atoms. The molecule has 0 aliphatic heterocycles. The van der Waals surface area contributed by atoms with E-state index >= 15 is 0 Å². The van der Waals surface area contributed by atoms with Crippen LogP contribution in [0.3, 0.4) is 0 Å². The van der Waals surface area contributed by atoms with E-state index in [2.05, 4.69) is 16.3 Å². The van der Waals surface area contributed by atoms with Crippen molar-refractivity contribution in [2.45, 2.75) is 6.92 Å². The number of carbonyl (C=O) groups excluding carboxylic acids is 1. The average molecular weight is 273 g/mol. The summed E-state index contributed by atoms with van der Waals surface area (Å²) in [6.45, 7) is 5.98. The third kappa shape index (κ3) is 2.82. The van der Waals surface area contributed by atoms with Crippen LogP contribution >= 0.6 is 11.5 Å². The summed E-state index contributed by atoms with van der Waals surface area (Å²) in [6, 6.07) is 7.88. The third-order valence-corrected chi connectivity index (χ3v) is 3.53. The van der Waals surface area contributed by atoms with Gasteiger partial charge in [-0.15, -0.1) is 6.58 Å². The highest BCUT2D eigenvalue weighted by Crippen LogP contribution is 2.30. The molecule has 2 rings (SSSR count). The molecular formula is C14H15N3OS. The fraction of sp³-hybridized carbons (Fsp3) is 0.143. The average Bonchev–Trinajstić information content (AvgIpc) is 2.79. The number of amides is 1. The Labute approximate surface area is 116 Å². The first-order valence-corrected chi connectivity index (χ1v) is 6.62. The minimum absolute atomic E-state index is 0.215. The van der Waals surface area contributed by atoms with Crippen molar-refractivity contribution in [1.29, 1.82) is 0 Å². The van der Waals surface area contributed by atoms with Gasteiger partial charge in [0.1, 0.15) is 10.6 Å². The van der Waals surface area contributed by atoms with Gasteiger partial charge in [0.2, 0.25) is 0 Å². The Balaban J connectivity index is 2.30. The van der Waals surface area contributed by atoms with Gasteiger partial charge in [0.05, 0.1) is 5.69 Å². The first-order valence-electron chi connectivity index (χ1n) is 5.84. The van der Waals surface area contributed by atoms with E-state index in [1.165, 1.54) is 5.56 Å². The van der Waals surface area contributed by atoms with Crippen LogP contribution in [-0.4, -0.2) is 16.8 Å². The topological polar surface area (TPSA) is 68.0 Å². The van der Waals surface area contributed by atoms with Gasteiger partial charge < -0.3 is 11.1 Å². The molecule has 1 heterocycles. The summed E-state index contributed by atoms with van der Waals surface area (Å²) in [5.74, 6) is -0.215. The molecule has 98 valence electrons. The SMILES string of the molecule is C=CCNC(=O)c1snc(-c2ccc(C)cc2)c1N. The van der Waals surface area contributed by atoms with Crippen LogP contribution in [0.15, 0.2) is 36.9 Å². The third-order valence-electron chi connectivity index (χ3n) is 2.67. The number of hydrogen-bond acceptors (Lipinski definition) is 4. The molecule has 0 unspecified atom stereocenters. The number of benzene rings is 1. The van der Waals surface area contributed by atoms with Gasteiger partial charge in [0, 0.05) is 12.1 Å². The van der Waals surface area contributed by atoms with Crippen molar-refractivity contribution in [2.24, 2.45) is 0 Å². The highest BCUT2D eigenvalue weighted by molar-refractivity contribution is 7.09. The fourth-order valence-electron chi connectivity index (χ4n) is 1.63. The van der Waals surface area contributed by atoms with Crippen LogP contribution in [0.1, 0.15) is 15.2 Å². The largest absolute Gasteiger partial charge is 0.396 e. The molecule has 19 heavy (non-hydrogen) atoms. The number of nitrogens with zero attached hydrogens (tertiary/aromatic N) is 1. The summed E-state index contributed by atoms with van der Waals surface area (Å²) in [5, 5.41) is 2.70. The maximum absolute atomic E-state index is 11.9. The number of hydrogen-bond donors (Lipinski definition) is 2. The predicted octanol–water partition coefficient (Wildman–Crippen LogP) is 2.62. The second kappa shape index (κ2) is 5.67. The minimum atomic E-state index is -0.215. The number of aromatic nitrogens is 1. The quantitative estimate of drug-likeness (QED) is 0.841. The molecule has 0 fully saturated rings.